The first-order valence-electron chi connectivity index (χ1n) is 11.1. The smallest absolute Gasteiger partial charge is 0.228 e. The molecule has 1 N–H and O–H groups in total. The normalized spacial score (nSPS) is 22.5. The topological polar surface area (TPSA) is 44.8 Å². The highest BCUT2D eigenvalue weighted by Crippen LogP contribution is 2.53. The minimum Gasteiger partial charge on any atom is -0.494 e. The summed E-state index contributed by atoms with van der Waals surface area (Å²) >= 11 is 6.12. The summed E-state index contributed by atoms with van der Waals surface area (Å²) in [7, 11) is 0. The molecule has 2 heterocycles. The average molecular weight is 444 g/mol. The summed E-state index contributed by atoms with van der Waals surface area (Å²) in [5.41, 5.74) is 2.95. The van der Waals surface area contributed by atoms with Gasteiger partial charge in [0.05, 0.1) is 17.3 Å². The lowest BCUT2D eigenvalue weighted by Crippen LogP contribution is -2.46. The second kappa shape index (κ2) is 8.67. The molecular formula is C24H27ClFN3O2. The van der Waals surface area contributed by atoms with Crippen LogP contribution in [0.25, 0.3) is 0 Å². The van der Waals surface area contributed by atoms with E-state index in [1.54, 1.807) is 6.07 Å². The van der Waals surface area contributed by atoms with Gasteiger partial charge in [-0.3, -0.25) is 9.69 Å². The highest BCUT2D eigenvalue weighted by molar-refractivity contribution is 6.33. The van der Waals surface area contributed by atoms with Crippen LogP contribution in [0.1, 0.15) is 30.7 Å². The molecule has 2 aliphatic heterocycles. The molecule has 0 bridgehead atoms. The van der Waals surface area contributed by atoms with E-state index in [1.807, 2.05) is 18.2 Å². The Labute approximate surface area is 187 Å². The highest BCUT2D eigenvalue weighted by Gasteiger charge is 2.48. The van der Waals surface area contributed by atoms with Crippen LogP contribution < -0.4 is 15.0 Å². The Balaban J connectivity index is 1.02. The van der Waals surface area contributed by atoms with Gasteiger partial charge in [0.25, 0.3) is 0 Å². The Morgan fingerprint density at radius 3 is 2.77 bits per heavy atom. The van der Waals surface area contributed by atoms with Gasteiger partial charge in [0.1, 0.15) is 11.6 Å². The van der Waals surface area contributed by atoms with Gasteiger partial charge in [-0.1, -0.05) is 23.7 Å². The zero-order chi connectivity index (χ0) is 21.4. The van der Waals surface area contributed by atoms with E-state index in [4.69, 9.17) is 16.3 Å². The van der Waals surface area contributed by atoms with Gasteiger partial charge in [0.2, 0.25) is 5.91 Å². The predicted octanol–water partition coefficient (Wildman–Crippen LogP) is 4.52. The summed E-state index contributed by atoms with van der Waals surface area (Å²) in [5.74, 6) is 1.20. The maximum Gasteiger partial charge on any atom is 0.228 e. The molecule has 7 heteroatoms. The third kappa shape index (κ3) is 4.37. The number of amides is 1. The maximum absolute atomic E-state index is 13.7. The van der Waals surface area contributed by atoms with Gasteiger partial charge in [0.15, 0.2) is 0 Å². The fourth-order valence-corrected chi connectivity index (χ4v) is 4.93. The van der Waals surface area contributed by atoms with E-state index in [-0.39, 0.29) is 22.7 Å². The lowest BCUT2D eigenvalue weighted by molar-refractivity contribution is -0.117. The van der Waals surface area contributed by atoms with Crippen LogP contribution in [-0.2, 0) is 4.79 Å². The van der Waals surface area contributed by atoms with Crippen molar-refractivity contribution in [1.82, 2.24) is 4.90 Å². The molecule has 1 saturated carbocycles. The molecule has 0 radical (unpaired) electrons. The molecule has 0 aromatic heterocycles. The molecule has 5 nitrogen and oxygen atoms in total. The molecule has 0 spiro atoms. The Bertz CT molecular complexity index is 977. The number of piperazine rings is 1. The van der Waals surface area contributed by atoms with Crippen LogP contribution in [0.2, 0.25) is 5.02 Å². The number of hydrogen-bond acceptors (Lipinski definition) is 4. The minimum atomic E-state index is -0.361. The van der Waals surface area contributed by atoms with E-state index in [0.29, 0.717) is 12.5 Å². The maximum atomic E-state index is 13.7. The number of carbonyl (C=O) groups is 1. The summed E-state index contributed by atoms with van der Waals surface area (Å²) in [6, 6.07) is 11.1. The molecule has 164 valence electrons. The van der Waals surface area contributed by atoms with Gasteiger partial charge in [-0.2, -0.15) is 0 Å². The van der Waals surface area contributed by atoms with Crippen molar-refractivity contribution in [2.75, 3.05) is 49.5 Å². The van der Waals surface area contributed by atoms with Crippen molar-refractivity contribution < 1.29 is 13.9 Å². The quantitative estimate of drug-likeness (QED) is 0.639. The Morgan fingerprint density at radius 1 is 1.10 bits per heavy atom. The van der Waals surface area contributed by atoms with Crippen LogP contribution >= 0.6 is 11.6 Å². The number of nitrogens with zero attached hydrogens (tertiary/aromatic N) is 2. The molecule has 2 fully saturated rings. The molecule has 2 aromatic carbocycles. The van der Waals surface area contributed by atoms with Crippen molar-refractivity contribution in [3.05, 3.63) is 52.8 Å². The number of hydrogen-bond donors (Lipinski definition) is 1. The molecule has 2 atom stereocenters. The summed E-state index contributed by atoms with van der Waals surface area (Å²) in [6.45, 7) is 5.28. The lowest BCUT2D eigenvalue weighted by atomic mass is 10.0. The molecule has 2 unspecified atom stereocenters. The Hall–Kier alpha value is -2.31. The first kappa shape index (κ1) is 20.6. The van der Waals surface area contributed by atoms with E-state index in [0.717, 1.165) is 69.1 Å². The SMILES string of the molecule is O=C1Nc2cc(OCCCCN3CCN(c4cccc(F)c4Cl)CC3)ccc2C2CC12. The van der Waals surface area contributed by atoms with Gasteiger partial charge < -0.3 is 15.0 Å². The van der Waals surface area contributed by atoms with Crippen LogP contribution in [0.5, 0.6) is 5.75 Å². The van der Waals surface area contributed by atoms with Crippen LogP contribution in [0.4, 0.5) is 15.8 Å². The van der Waals surface area contributed by atoms with Gasteiger partial charge >= 0.3 is 0 Å². The van der Waals surface area contributed by atoms with Crippen molar-refractivity contribution in [2.24, 2.45) is 5.92 Å². The van der Waals surface area contributed by atoms with Crippen molar-refractivity contribution in [3.63, 3.8) is 0 Å². The van der Waals surface area contributed by atoms with Crippen LogP contribution in [-0.4, -0.2) is 50.1 Å². The van der Waals surface area contributed by atoms with Gasteiger partial charge in [-0.15, -0.1) is 0 Å². The standard InChI is InChI=1S/C24H27ClFN3O2/c25-23-20(26)4-3-5-22(23)29-11-9-28(10-12-29)8-1-2-13-31-16-6-7-17-18-15-19(18)24(30)27-21(17)14-16/h3-7,14,18-19H,1-2,8-13,15H2,(H,27,30). The monoisotopic (exact) mass is 443 g/mol. The van der Waals surface area contributed by atoms with E-state index >= 15 is 0 Å². The third-order valence-corrected chi connectivity index (χ3v) is 6.97. The Kier molecular flexibility index (Phi) is 5.76. The largest absolute Gasteiger partial charge is 0.494 e. The van der Waals surface area contributed by atoms with E-state index in [2.05, 4.69) is 21.2 Å². The molecule has 1 amide bonds. The number of carbonyl (C=O) groups excluding carboxylic acids is 1. The fourth-order valence-electron chi connectivity index (χ4n) is 4.69. The number of fused-ring (bicyclic) bond motifs is 3. The second-order valence-electron chi connectivity index (χ2n) is 8.64. The number of nitrogens with one attached hydrogen (secondary N) is 1. The van der Waals surface area contributed by atoms with E-state index in [9.17, 15) is 9.18 Å². The molecular weight excluding hydrogens is 417 g/mol. The summed E-state index contributed by atoms with van der Waals surface area (Å²) in [6.07, 6.45) is 3.01. The summed E-state index contributed by atoms with van der Waals surface area (Å²) < 4.78 is 19.6. The fraction of sp³-hybridized carbons (Fsp3) is 0.458. The first-order valence-corrected chi connectivity index (χ1v) is 11.5. The van der Waals surface area contributed by atoms with Crippen LogP contribution in [0, 0.1) is 11.7 Å². The average Bonchev–Trinajstić information content (AvgIpc) is 3.58. The van der Waals surface area contributed by atoms with E-state index in [1.165, 1.54) is 11.6 Å². The van der Waals surface area contributed by atoms with Gasteiger partial charge in [-0.05, 0) is 55.5 Å². The van der Waals surface area contributed by atoms with Gasteiger partial charge in [0, 0.05) is 43.9 Å². The second-order valence-corrected chi connectivity index (χ2v) is 9.02. The predicted molar refractivity (Wildman–Crippen MR) is 121 cm³/mol. The zero-order valence-corrected chi connectivity index (χ0v) is 18.2. The number of halogens is 2. The molecule has 1 saturated heterocycles. The molecule has 1 aliphatic carbocycles. The lowest BCUT2D eigenvalue weighted by Gasteiger charge is -2.36. The van der Waals surface area contributed by atoms with Crippen LogP contribution in [0.15, 0.2) is 36.4 Å². The summed E-state index contributed by atoms with van der Waals surface area (Å²) in [4.78, 5) is 16.5. The highest BCUT2D eigenvalue weighted by atomic mass is 35.5. The molecule has 3 aliphatic rings. The molecule has 31 heavy (non-hydrogen) atoms. The number of benzene rings is 2. The number of ether oxygens (including phenoxy) is 1. The van der Waals surface area contributed by atoms with Crippen molar-refractivity contribution >= 4 is 28.9 Å². The van der Waals surface area contributed by atoms with Crippen molar-refractivity contribution in [1.29, 1.82) is 0 Å². The third-order valence-electron chi connectivity index (χ3n) is 6.59. The first-order chi connectivity index (χ1) is 15.1. The van der Waals surface area contributed by atoms with Crippen molar-refractivity contribution in [2.45, 2.75) is 25.2 Å². The number of rotatable bonds is 7. The summed E-state index contributed by atoms with van der Waals surface area (Å²) in [5, 5.41) is 3.21. The number of unbranched alkanes of at least 4 members (excludes halogenated alkanes) is 1. The van der Waals surface area contributed by atoms with Gasteiger partial charge in [-0.25, -0.2) is 4.39 Å². The molecule has 5 rings (SSSR count). The minimum absolute atomic E-state index is 0.148. The number of anilines is 2. The van der Waals surface area contributed by atoms with Crippen molar-refractivity contribution in [3.8, 4) is 5.75 Å². The molecule has 2 aromatic rings. The zero-order valence-electron chi connectivity index (χ0n) is 17.4. The van der Waals surface area contributed by atoms with E-state index < -0.39 is 0 Å². The van der Waals surface area contributed by atoms with Crippen LogP contribution in [0.3, 0.4) is 0 Å². The Morgan fingerprint density at radius 2 is 1.94 bits per heavy atom.